The molecule has 0 N–H and O–H groups in total. The van der Waals surface area contributed by atoms with Gasteiger partial charge >= 0.3 is 5.97 Å². The summed E-state index contributed by atoms with van der Waals surface area (Å²) in [6.45, 7) is 1.96. The Morgan fingerprint density at radius 3 is 2.48 bits per heavy atom. The quantitative estimate of drug-likeness (QED) is 0.434. The molecule has 0 aliphatic heterocycles. The molecule has 7 heteroatoms. The van der Waals surface area contributed by atoms with Crippen LogP contribution >= 0.6 is 11.6 Å². The molecule has 4 aromatic rings. The molecule has 2 aromatic heterocycles. The van der Waals surface area contributed by atoms with Crippen LogP contribution < -0.4 is 5.56 Å². The van der Waals surface area contributed by atoms with Gasteiger partial charge in [-0.2, -0.15) is 0 Å². The minimum absolute atomic E-state index is 0.00750. The molecule has 0 bridgehead atoms. The second-order valence-electron chi connectivity index (χ2n) is 7.53. The molecular formula is C24H21ClN2O4. The molecule has 2 aromatic carbocycles. The first-order valence-corrected chi connectivity index (χ1v) is 10.2. The maximum absolute atomic E-state index is 13.2. The first-order chi connectivity index (χ1) is 14.8. The molecule has 0 spiro atoms. The van der Waals surface area contributed by atoms with Crippen LogP contribution in [0, 0.1) is 6.92 Å². The summed E-state index contributed by atoms with van der Waals surface area (Å²) in [5, 5.41) is 2.20. The molecule has 0 aliphatic carbocycles. The van der Waals surface area contributed by atoms with Crippen molar-refractivity contribution < 1.29 is 14.3 Å². The highest BCUT2D eigenvalue weighted by atomic mass is 35.5. The fourth-order valence-electron chi connectivity index (χ4n) is 3.84. The van der Waals surface area contributed by atoms with Crippen LogP contribution in [-0.4, -0.2) is 28.1 Å². The number of esters is 1. The second kappa shape index (κ2) is 8.04. The van der Waals surface area contributed by atoms with Crippen molar-refractivity contribution in [2.24, 2.45) is 7.05 Å². The Morgan fingerprint density at radius 2 is 1.74 bits per heavy atom. The lowest BCUT2D eigenvalue weighted by molar-refractivity contribution is -0.140. The number of aromatic nitrogens is 2. The summed E-state index contributed by atoms with van der Waals surface area (Å²) in [5.74, 6) is -0.688. The molecule has 0 aliphatic rings. The van der Waals surface area contributed by atoms with Gasteiger partial charge in [0.2, 0.25) is 5.91 Å². The Balaban J connectivity index is 1.93. The summed E-state index contributed by atoms with van der Waals surface area (Å²) >= 11 is 6.17. The van der Waals surface area contributed by atoms with E-state index in [0.717, 1.165) is 21.9 Å². The number of rotatable bonds is 4. The van der Waals surface area contributed by atoms with Crippen molar-refractivity contribution in [1.29, 1.82) is 0 Å². The van der Waals surface area contributed by atoms with Crippen molar-refractivity contribution in [1.82, 2.24) is 9.13 Å². The number of carbonyl (C=O) groups is 2. The molecule has 0 fully saturated rings. The Kier molecular flexibility index (Phi) is 5.41. The third-order valence-electron chi connectivity index (χ3n) is 5.48. The summed E-state index contributed by atoms with van der Waals surface area (Å²) < 4.78 is 7.73. The standard InChI is InChI=1S/C24H21ClN2O4/c1-14-4-6-21-17(10-14)19(13-27(21)22(28)8-9-23(29)31-3)18-12-15-11-16(25)5-7-20(15)26(2)24(18)30/h4-7,10-13H,8-9H2,1-3H3. The monoisotopic (exact) mass is 436 g/mol. The molecule has 158 valence electrons. The molecule has 0 unspecified atom stereocenters. The summed E-state index contributed by atoms with van der Waals surface area (Å²) in [5.41, 5.74) is 3.43. The van der Waals surface area contributed by atoms with Gasteiger partial charge in [-0.25, -0.2) is 0 Å². The highest BCUT2D eigenvalue weighted by Gasteiger charge is 2.19. The number of hydrogen-bond acceptors (Lipinski definition) is 4. The predicted octanol–water partition coefficient (Wildman–Crippen LogP) is 4.72. The first-order valence-electron chi connectivity index (χ1n) is 9.81. The van der Waals surface area contributed by atoms with Crippen LogP contribution in [0.25, 0.3) is 32.9 Å². The number of halogens is 1. The van der Waals surface area contributed by atoms with Gasteiger partial charge in [-0.1, -0.05) is 23.2 Å². The van der Waals surface area contributed by atoms with Gasteiger partial charge in [0, 0.05) is 46.6 Å². The van der Waals surface area contributed by atoms with E-state index in [1.54, 1.807) is 23.9 Å². The van der Waals surface area contributed by atoms with E-state index in [1.165, 1.54) is 11.7 Å². The fraction of sp³-hybridized carbons (Fsp3) is 0.208. The summed E-state index contributed by atoms with van der Waals surface area (Å²) in [7, 11) is 3.01. The van der Waals surface area contributed by atoms with Crippen LogP contribution in [0.4, 0.5) is 0 Å². The molecule has 2 heterocycles. The number of hydrogen-bond donors (Lipinski definition) is 0. The molecule has 0 amide bonds. The van der Waals surface area contributed by atoms with E-state index in [9.17, 15) is 14.4 Å². The lowest BCUT2D eigenvalue weighted by Crippen LogP contribution is -2.18. The van der Waals surface area contributed by atoms with Crippen molar-refractivity contribution in [3.05, 3.63) is 69.6 Å². The topological polar surface area (TPSA) is 70.3 Å². The van der Waals surface area contributed by atoms with E-state index in [4.69, 9.17) is 11.6 Å². The van der Waals surface area contributed by atoms with E-state index in [-0.39, 0.29) is 24.3 Å². The van der Waals surface area contributed by atoms with Crippen LogP contribution in [0.3, 0.4) is 0 Å². The normalized spacial score (nSPS) is 11.2. The van der Waals surface area contributed by atoms with Crippen LogP contribution in [0.15, 0.2) is 53.5 Å². The van der Waals surface area contributed by atoms with Gasteiger partial charge in [0.05, 0.1) is 24.6 Å². The molecular weight excluding hydrogens is 416 g/mol. The molecule has 6 nitrogen and oxygen atoms in total. The maximum Gasteiger partial charge on any atom is 0.306 e. The van der Waals surface area contributed by atoms with Crippen LogP contribution in [0.2, 0.25) is 5.02 Å². The molecule has 0 radical (unpaired) electrons. The van der Waals surface area contributed by atoms with Gasteiger partial charge < -0.3 is 9.30 Å². The van der Waals surface area contributed by atoms with Gasteiger partial charge in [-0.15, -0.1) is 0 Å². The lowest BCUT2D eigenvalue weighted by Gasteiger charge is -2.09. The van der Waals surface area contributed by atoms with E-state index in [2.05, 4.69) is 4.74 Å². The molecule has 0 atom stereocenters. The highest BCUT2D eigenvalue weighted by Crippen LogP contribution is 2.32. The maximum atomic E-state index is 13.2. The molecule has 0 saturated heterocycles. The SMILES string of the molecule is COC(=O)CCC(=O)n1cc(-c2cc3cc(Cl)ccc3n(C)c2=O)c2cc(C)ccc21. The Bertz CT molecular complexity index is 1410. The number of benzene rings is 2. The lowest BCUT2D eigenvalue weighted by atomic mass is 10.0. The minimum atomic E-state index is -0.443. The minimum Gasteiger partial charge on any atom is -0.469 e. The van der Waals surface area contributed by atoms with Gasteiger partial charge in [0.25, 0.3) is 5.56 Å². The molecule has 0 saturated carbocycles. The Hall–Kier alpha value is -3.38. The summed E-state index contributed by atoms with van der Waals surface area (Å²) in [4.78, 5) is 37.6. The van der Waals surface area contributed by atoms with Crippen molar-refractivity contribution in [3.63, 3.8) is 0 Å². The summed E-state index contributed by atoms with van der Waals surface area (Å²) in [6, 6.07) is 12.9. The van der Waals surface area contributed by atoms with Gasteiger partial charge in [0.15, 0.2) is 0 Å². The number of ether oxygens (including phenoxy) is 1. The van der Waals surface area contributed by atoms with Crippen LogP contribution in [-0.2, 0) is 16.6 Å². The van der Waals surface area contributed by atoms with Crippen molar-refractivity contribution in [2.75, 3.05) is 7.11 Å². The summed E-state index contributed by atoms with van der Waals surface area (Å²) in [6.07, 6.45) is 1.68. The number of aryl methyl sites for hydroxylation is 2. The van der Waals surface area contributed by atoms with E-state index in [1.807, 2.05) is 43.3 Å². The number of carbonyl (C=O) groups excluding carboxylic acids is 2. The van der Waals surface area contributed by atoms with E-state index < -0.39 is 5.97 Å². The highest BCUT2D eigenvalue weighted by molar-refractivity contribution is 6.31. The van der Waals surface area contributed by atoms with Gasteiger partial charge in [-0.3, -0.25) is 19.0 Å². The molecule has 4 rings (SSSR count). The average Bonchev–Trinajstić information content (AvgIpc) is 3.12. The number of nitrogens with zero attached hydrogens (tertiary/aromatic N) is 2. The van der Waals surface area contributed by atoms with E-state index in [0.29, 0.717) is 21.7 Å². The zero-order valence-corrected chi connectivity index (χ0v) is 18.2. The van der Waals surface area contributed by atoms with Crippen molar-refractivity contribution >= 4 is 45.3 Å². The third-order valence-corrected chi connectivity index (χ3v) is 5.71. The van der Waals surface area contributed by atoms with E-state index >= 15 is 0 Å². The largest absolute Gasteiger partial charge is 0.469 e. The van der Waals surface area contributed by atoms with Gasteiger partial charge in [-0.05, 0) is 43.3 Å². The van der Waals surface area contributed by atoms with Crippen molar-refractivity contribution in [2.45, 2.75) is 19.8 Å². The second-order valence-corrected chi connectivity index (χ2v) is 7.97. The fourth-order valence-corrected chi connectivity index (χ4v) is 4.02. The van der Waals surface area contributed by atoms with Crippen LogP contribution in [0.5, 0.6) is 0 Å². The Morgan fingerprint density at radius 1 is 1.00 bits per heavy atom. The number of fused-ring (bicyclic) bond motifs is 2. The zero-order chi connectivity index (χ0) is 22.3. The third kappa shape index (κ3) is 3.75. The van der Waals surface area contributed by atoms with Crippen LogP contribution in [0.1, 0.15) is 23.2 Å². The number of methoxy groups -OCH3 is 1. The average molecular weight is 437 g/mol. The first kappa shape index (κ1) is 20.9. The zero-order valence-electron chi connectivity index (χ0n) is 17.4. The molecule has 31 heavy (non-hydrogen) atoms. The number of pyridine rings is 1. The predicted molar refractivity (Wildman–Crippen MR) is 122 cm³/mol. The van der Waals surface area contributed by atoms with Gasteiger partial charge in [0.1, 0.15) is 0 Å². The Labute approximate surface area is 183 Å². The smallest absolute Gasteiger partial charge is 0.306 e. The van der Waals surface area contributed by atoms with Crippen molar-refractivity contribution in [3.8, 4) is 11.1 Å².